The Morgan fingerprint density at radius 1 is 0.265 bits per heavy atom. The lowest BCUT2D eigenvalue weighted by atomic mass is 10.0. The second-order valence-electron chi connectivity index (χ2n) is 26.8. The number of rotatable bonds is 74. The van der Waals surface area contributed by atoms with Crippen LogP contribution in [0.15, 0.2) is 12.2 Å². The lowest BCUT2D eigenvalue weighted by molar-refractivity contribution is -0.161. The topological polar surface area (TPSA) is 72.8 Å². The number of esters is 2. The second kappa shape index (κ2) is 74.9. The van der Waals surface area contributed by atoms with Crippen LogP contribution in [0.4, 0.5) is 0 Å². The Kier molecular flexibility index (Phi) is 73.7. The van der Waals surface area contributed by atoms with E-state index >= 15 is 0 Å². The van der Waals surface area contributed by atoms with Gasteiger partial charge in [0.2, 0.25) is 0 Å². The standard InChI is InChI=1S/C78H152O5/c1-3-5-7-9-11-13-15-17-19-21-23-25-27-29-31-33-34-35-36-37-38-39-40-41-42-43-45-46-48-50-52-54-56-58-60-62-64-66-68-70-72-77(80)82-75-76(74-79)83-78(81)73-71-69-67-65-63-61-59-57-55-53-51-49-47-44-32-30-28-26-24-22-20-18-16-14-12-10-8-6-4-2/h22,24,76,79H,3-21,23,25-75H2,1-2H3/b24-22-. The molecule has 0 aromatic heterocycles. The summed E-state index contributed by atoms with van der Waals surface area (Å²) in [5.41, 5.74) is 0. The Balaban J connectivity index is 3.33. The summed E-state index contributed by atoms with van der Waals surface area (Å²) >= 11 is 0. The van der Waals surface area contributed by atoms with Gasteiger partial charge in [-0.25, -0.2) is 0 Å². The van der Waals surface area contributed by atoms with E-state index < -0.39 is 6.10 Å². The van der Waals surface area contributed by atoms with Crippen molar-refractivity contribution < 1.29 is 24.2 Å². The third kappa shape index (κ3) is 73.0. The monoisotopic (exact) mass is 1170 g/mol. The van der Waals surface area contributed by atoms with Crippen molar-refractivity contribution in [3.63, 3.8) is 0 Å². The van der Waals surface area contributed by atoms with Crippen molar-refractivity contribution in [2.24, 2.45) is 0 Å². The van der Waals surface area contributed by atoms with Crippen LogP contribution >= 0.6 is 0 Å². The maximum atomic E-state index is 12.4. The molecule has 0 spiro atoms. The van der Waals surface area contributed by atoms with Crippen LogP contribution in [0.5, 0.6) is 0 Å². The van der Waals surface area contributed by atoms with E-state index in [0.29, 0.717) is 12.8 Å². The van der Waals surface area contributed by atoms with Crippen molar-refractivity contribution in [1.29, 1.82) is 0 Å². The molecular weight excluding hydrogens is 1020 g/mol. The number of aliphatic hydroxyl groups is 1. The van der Waals surface area contributed by atoms with Crippen LogP contribution in [-0.4, -0.2) is 36.4 Å². The van der Waals surface area contributed by atoms with Gasteiger partial charge in [-0.1, -0.05) is 418 Å². The summed E-state index contributed by atoms with van der Waals surface area (Å²) in [7, 11) is 0. The number of hydrogen-bond donors (Lipinski definition) is 1. The van der Waals surface area contributed by atoms with Crippen LogP contribution in [0.2, 0.25) is 0 Å². The summed E-state index contributed by atoms with van der Waals surface area (Å²) in [4.78, 5) is 24.7. The third-order valence-corrected chi connectivity index (χ3v) is 18.3. The first kappa shape index (κ1) is 81.6. The van der Waals surface area contributed by atoms with Crippen molar-refractivity contribution in [1.82, 2.24) is 0 Å². The average Bonchev–Trinajstić information content (AvgIpc) is 3.49. The molecule has 83 heavy (non-hydrogen) atoms. The fourth-order valence-corrected chi connectivity index (χ4v) is 12.5. The second-order valence-corrected chi connectivity index (χ2v) is 26.8. The number of allylic oxidation sites excluding steroid dienone is 2. The Morgan fingerprint density at radius 2 is 0.446 bits per heavy atom. The van der Waals surface area contributed by atoms with Gasteiger partial charge in [-0.2, -0.15) is 0 Å². The van der Waals surface area contributed by atoms with Gasteiger partial charge in [0.05, 0.1) is 6.61 Å². The number of hydrogen-bond acceptors (Lipinski definition) is 5. The number of aliphatic hydroxyl groups excluding tert-OH is 1. The average molecular weight is 1170 g/mol. The van der Waals surface area contributed by atoms with E-state index in [-0.39, 0.29) is 25.2 Å². The van der Waals surface area contributed by atoms with E-state index in [1.165, 1.54) is 398 Å². The minimum Gasteiger partial charge on any atom is -0.462 e. The number of unbranched alkanes of at least 4 members (excludes halogenated alkanes) is 64. The molecule has 0 aromatic rings. The summed E-state index contributed by atoms with van der Waals surface area (Å²) in [5, 5.41) is 9.72. The van der Waals surface area contributed by atoms with E-state index in [2.05, 4.69) is 26.0 Å². The zero-order valence-electron chi connectivity index (χ0n) is 57.0. The molecule has 494 valence electrons. The molecular formula is C78H152O5. The predicted octanol–water partition coefficient (Wildman–Crippen LogP) is 26.9. The van der Waals surface area contributed by atoms with E-state index in [0.717, 1.165) is 32.1 Å². The molecule has 0 amide bonds. The van der Waals surface area contributed by atoms with Crippen molar-refractivity contribution in [3.8, 4) is 0 Å². The molecule has 1 atom stereocenters. The van der Waals surface area contributed by atoms with Gasteiger partial charge in [-0.15, -0.1) is 0 Å². The summed E-state index contributed by atoms with van der Waals surface area (Å²) < 4.78 is 10.8. The molecule has 1 unspecified atom stereocenters. The Labute approximate surface area is 521 Å². The highest BCUT2D eigenvalue weighted by Gasteiger charge is 2.16. The lowest BCUT2D eigenvalue weighted by Gasteiger charge is -2.15. The van der Waals surface area contributed by atoms with Gasteiger partial charge in [-0.05, 0) is 38.5 Å². The van der Waals surface area contributed by atoms with Gasteiger partial charge < -0.3 is 14.6 Å². The van der Waals surface area contributed by atoms with Crippen LogP contribution in [0.3, 0.4) is 0 Å². The molecule has 0 aliphatic rings. The molecule has 0 aliphatic carbocycles. The molecule has 5 heteroatoms. The summed E-state index contributed by atoms with van der Waals surface area (Å²) in [5.74, 6) is -0.560. The Hall–Kier alpha value is -1.36. The molecule has 5 nitrogen and oxygen atoms in total. The van der Waals surface area contributed by atoms with Crippen molar-refractivity contribution in [2.75, 3.05) is 13.2 Å². The third-order valence-electron chi connectivity index (χ3n) is 18.3. The van der Waals surface area contributed by atoms with Gasteiger partial charge >= 0.3 is 11.9 Å². The largest absolute Gasteiger partial charge is 0.462 e. The van der Waals surface area contributed by atoms with Crippen LogP contribution in [0, 0.1) is 0 Å². The molecule has 0 bridgehead atoms. The highest BCUT2D eigenvalue weighted by molar-refractivity contribution is 5.70. The van der Waals surface area contributed by atoms with E-state index in [1.807, 2.05) is 0 Å². The van der Waals surface area contributed by atoms with Gasteiger partial charge in [0.1, 0.15) is 6.61 Å². The lowest BCUT2D eigenvalue weighted by Crippen LogP contribution is -2.28. The Morgan fingerprint density at radius 3 is 0.651 bits per heavy atom. The molecule has 0 saturated heterocycles. The minimum atomic E-state index is -0.768. The molecule has 0 aliphatic heterocycles. The van der Waals surface area contributed by atoms with Gasteiger partial charge in [0.15, 0.2) is 6.10 Å². The number of carbonyl (C=O) groups excluding carboxylic acids is 2. The van der Waals surface area contributed by atoms with Crippen molar-refractivity contribution in [2.45, 2.75) is 463 Å². The van der Waals surface area contributed by atoms with Crippen LogP contribution in [0.25, 0.3) is 0 Å². The fraction of sp³-hybridized carbons (Fsp3) is 0.949. The molecule has 0 saturated carbocycles. The summed E-state index contributed by atoms with van der Waals surface area (Å²) in [6.45, 7) is 4.22. The molecule has 0 radical (unpaired) electrons. The van der Waals surface area contributed by atoms with Gasteiger partial charge in [0.25, 0.3) is 0 Å². The zero-order valence-corrected chi connectivity index (χ0v) is 57.0. The predicted molar refractivity (Wildman–Crippen MR) is 367 cm³/mol. The molecule has 0 heterocycles. The SMILES string of the molecule is CCCCCCCCCC/C=C\CCCCCCCCCCCCCCCCCCCC(=O)OC(CO)COC(=O)CCCCCCCCCCCCCCCCCCCCCCCCCCCCCCCCCCCCCCCCCC. The van der Waals surface area contributed by atoms with Gasteiger partial charge in [0, 0.05) is 12.8 Å². The number of ether oxygens (including phenoxy) is 2. The van der Waals surface area contributed by atoms with E-state index in [9.17, 15) is 14.7 Å². The minimum absolute atomic E-state index is 0.0568. The molecule has 0 aromatic carbocycles. The van der Waals surface area contributed by atoms with Crippen LogP contribution < -0.4 is 0 Å². The van der Waals surface area contributed by atoms with Crippen LogP contribution in [0.1, 0.15) is 457 Å². The van der Waals surface area contributed by atoms with E-state index in [4.69, 9.17) is 9.47 Å². The van der Waals surface area contributed by atoms with Crippen molar-refractivity contribution >= 4 is 11.9 Å². The fourth-order valence-electron chi connectivity index (χ4n) is 12.5. The normalized spacial score (nSPS) is 12.1. The maximum absolute atomic E-state index is 12.4. The summed E-state index contributed by atoms with van der Waals surface area (Å²) in [6, 6.07) is 0. The van der Waals surface area contributed by atoms with Crippen LogP contribution in [-0.2, 0) is 19.1 Å². The number of carbonyl (C=O) groups is 2. The Bertz CT molecular complexity index is 1230. The first-order valence-electron chi connectivity index (χ1n) is 38.7. The molecule has 0 rings (SSSR count). The quantitative estimate of drug-likeness (QED) is 0.0373. The zero-order chi connectivity index (χ0) is 59.8. The van der Waals surface area contributed by atoms with E-state index in [1.54, 1.807) is 0 Å². The molecule has 0 fully saturated rings. The van der Waals surface area contributed by atoms with Crippen molar-refractivity contribution in [3.05, 3.63) is 12.2 Å². The molecule has 1 N–H and O–H groups in total. The van der Waals surface area contributed by atoms with Gasteiger partial charge in [-0.3, -0.25) is 9.59 Å². The maximum Gasteiger partial charge on any atom is 0.306 e. The first-order chi connectivity index (χ1) is 41.1. The summed E-state index contributed by atoms with van der Waals surface area (Å²) in [6.07, 6.45) is 97.3. The highest BCUT2D eigenvalue weighted by atomic mass is 16.6. The highest BCUT2D eigenvalue weighted by Crippen LogP contribution is 2.20. The smallest absolute Gasteiger partial charge is 0.306 e. The first-order valence-corrected chi connectivity index (χ1v) is 38.7.